The second-order valence-corrected chi connectivity index (χ2v) is 6.79. The van der Waals surface area contributed by atoms with Gasteiger partial charge < -0.3 is 4.74 Å². The number of carbonyl (C=O) groups is 2. The van der Waals surface area contributed by atoms with Crippen LogP contribution in [0.2, 0.25) is 0 Å². The lowest BCUT2D eigenvalue weighted by Crippen LogP contribution is -2.27. The fraction of sp³-hybridized carbons (Fsp3) is 0.0556. The number of benzene rings is 2. The van der Waals surface area contributed by atoms with Gasteiger partial charge in [0.15, 0.2) is 4.32 Å². The lowest BCUT2D eigenvalue weighted by Gasteiger charge is -2.14. The lowest BCUT2D eigenvalue weighted by molar-refractivity contribution is -0.113. The monoisotopic (exact) mass is 373 g/mol. The van der Waals surface area contributed by atoms with Gasteiger partial charge in [-0.15, -0.1) is 0 Å². The fourth-order valence-electron chi connectivity index (χ4n) is 2.29. The Bertz CT molecular complexity index is 893. The number of halogens is 1. The molecule has 0 spiro atoms. The number of methoxy groups -OCH3 is 1. The van der Waals surface area contributed by atoms with Gasteiger partial charge in [0.2, 0.25) is 0 Å². The topological polar surface area (TPSA) is 46.6 Å². The van der Waals surface area contributed by atoms with Crippen molar-refractivity contribution in [1.29, 1.82) is 0 Å². The molecule has 1 aliphatic heterocycles. The molecule has 0 radical (unpaired) electrons. The van der Waals surface area contributed by atoms with E-state index in [4.69, 9.17) is 12.2 Å². The fourth-order valence-corrected chi connectivity index (χ4v) is 3.59. The molecule has 0 aliphatic carbocycles. The molecule has 2 aromatic rings. The Morgan fingerprint density at radius 2 is 1.96 bits per heavy atom. The number of carbonyl (C=O) groups excluding carboxylic acids is 2. The average Bonchev–Trinajstić information content (AvgIpc) is 2.88. The van der Waals surface area contributed by atoms with Gasteiger partial charge in [-0.05, 0) is 42.0 Å². The first-order chi connectivity index (χ1) is 12.0. The van der Waals surface area contributed by atoms with E-state index in [1.54, 1.807) is 36.4 Å². The molecular weight excluding hydrogens is 361 g/mol. The van der Waals surface area contributed by atoms with Crippen LogP contribution in [0.4, 0.5) is 10.1 Å². The maximum atomic E-state index is 13.4. The number of hydrogen-bond acceptors (Lipinski definition) is 5. The molecule has 1 heterocycles. The summed E-state index contributed by atoms with van der Waals surface area (Å²) < 4.78 is 18.4. The summed E-state index contributed by atoms with van der Waals surface area (Å²) in [6.07, 6.45) is 1.68. The van der Waals surface area contributed by atoms with Crippen LogP contribution >= 0.6 is 24.0 Å². The molecular formula is C18H12FNO3S2. The molecule has 7 heteroatoms. The highest BCUT2D eigenvalue weighted by Crippen LogP contribution is 2.36. The van der Waals surface area contributed by atoms with Gasteiger partial charge in [0.25, 0.3) is 5.91 Å². The van der Waals surface area contributed by atoms with Gasteiger partial charge in [-0.2, -0.15) is 0 Å². The van der Waals surface area contributed by atoms with Crippen LogP contribution in [0.25, 0.3) is 6.08 Å². The first-order valence-electron chi connectivity index (χ1n) is 7.21. The van der Waals surface area contributed by atoms with Crippen LogP contribution in [0.5, 0.6) is 0 Å². The Morgan fingerprint density at radius 3 is 2.60 bits per heavy atom. The third-order valence-electron chi connectivity index (χ3n) is 3.49. The van der Waals surface area contributed by atoms with E-state index in [1.807, 2.05) is 0 Å². The van der Waals surface area contributed by atoms with Gasteiger partial charge in [0, 0.05) is 0 Å². The quantitative estimate of drug-likeness (QED) is 0.462. The van der Waals surface area contributed by atoms with E-state index in [2.05, 4.69) is 4.74 Å². The molecule has 0 unspecified atom stereocenters. The minimum absolute atomic E-state index is 0.308. The largest absolute Gasteiger partial charge is 0.465 e. The Morgan fingerprint density at radius 1 is 1.24 bits per heavy atom. The van der Waals surface area contributed by atoms with E-state index in [9.17, 15) is 14.0 Å². The highest BCUT2D eigenvalue weighted by molar-refractivity contribution is 8.27. The van der Waals surface area contributed by atoms with Crippen molar-refractivity contribution in [2.24, 2.45) is 0 Å². The molecule has 0 bridgehead atoms. The molecule has 1 fully saturated rings. The van der Waals surface area contributed by atoms with E-state index >= 15 is 0 Å². The smallest absolute Gasteiger partial charge is 0.337 e. The predicted octanol–water partition coefficient (Wildman–Crippen LogP) is 4.02. The van der Waals surface area contributed by atoms with E-state index in [-0.39, 0.29) is 5.91 Å². The van der Waals surface area contributed by atoms with Crippen LogP contribution < -0.4 is 4.90 Å². The molecule has 1 saturated heterocycles. The molecule has 0 N–H and O–H groups in total. The van der Waals surface area contributed by atoms with Gasteiger partial charge in [-0.3, -0.25) is 9.69 Å². The number of rotatable bonds is 3. The third kappa shape index (κ3) is 3.62. The van der Waals surface area contributed by atoms with Gasteiger partial charge >= 0.3 is 5.97 Å². The molecule has 1 amide bonds. The van der Waals surface area contributed by atoms with Crippen molar-refractivity contribution in [2.45, 2.75) is 0 Å². The van der Waals surface area contributed by atoms with Crippen LogP contribution in [0.3, 0.4) is 0 Å². The van der Waals surface area contributed by atoms with Crippen molar-refractivity contribution in [3.63, 3.8) is 0 Å². The number of thioether (sulfide) groups is 1. The van der Waals surface area contributed by atoms with Gasteiger partial charge in [-0.25, -0.2) is 9.18 Å². The van der Waals surface area contributed by atoms with E-state index < -0.39 is 11.8 Å². The molecule has 4 nitrogen and oxygen atoms in total. The maximum Gasteiger partial charge on any atom is 0.337 e. The number of nitrogens with zero attached hydrogens (tertiary/aromatic N) is 1. The summed E-state index contributed by atoms with van der Waals surface area (Å²) in [7, 11) is 1.31. The van der Waals surface area contributed by atoms with Crippen molar-refractivity contribution in [3.05, 3.63) is 70.4 Å². The van der Waals surface area contributed by atoms with Crippen molar-refractivity contribution in [2.75, 3.05) is 12.0 Å². The first kappa shape index (κ1) is 17.3. The predicted molar refractivity (Wildman–Crippen MR) is 99.8 cm³/mol. The van der Waals surface area contributed by atoms with Crippen molar-refractivity contribution in [3.8, 4) is 0 Å². The lowest BCUT2D eigenvalue weighted by atomic mass is 10.1. The highest BCUT2D eigenvalue weighted by Gasteiger charge is 2.33. The molecule has 3 rings (SSSR count). The Labute approximate surface area is 153 Å². The van der Waals surface area contributed by atoms with Gasteiger partial charge in [-0.1, -0.05) is 42.2 Å². The van der Waals surface area contributed by atoms with Crippen molar-refractivity contribution >= 4 is 51.9 Å². The molecule has 0 saturated carbocycles. The maximum absolute atomic E-state index is 13.4. The number of anilines is 1. The number of ether oxygens (including phenoxy) is 1. The number of hydrogen-bond donors (Lipinski definition) is 0. The molecule has 2 aromatic carbocycles. The molecule has 126 valence electrons. The first-order valence-corrected chi connectivity index (χ1v) is 8.44. The van der Waals surface area contributed by atoms with Crippen LogP contribution in [0.1, 0.15) is 15.9 Å². The molecule has 0 aromatic heterocycles. The van der Waals surface area contributed by atoms with Crippen LogP contribution in [-0.4, -0.2) is 23.3 Å². The second-order valence-electron chi connectivity index (χ2n) is 5.11. The summed E-state index contributed by atoms with van der Waals surface area (Å²) in [6.45, 7) is 0. The van der Waals surface area contributed by atoms with Gasteiger partial charge in [0.1, 0.15) is 5.82 Å². The SMILES string of the molecule is COC(=O)c1ccc(/C=C2\SC(=S)N(c3cccc(F)c3)C2=O)cc1. The molecule has 25 heavy (non-hydrogen) atoms. The second kappa shape index (κ2) is 7.16. The normalized spacial score (nSPS) is 15.8. The van der Waals surface area contributed by atoms with E-state index in [0.29, 0.717) is 20.5 Å². The number of thiocarbonyl (C=S) groups is 1. The zero-order valence-electron chi connectivity index (χ0n) is 13.1. The molecule has 1 aliphatic rings. The Hall–Kier alpha value is -2.51. The number of esters is 1. The van der Waals surface area contributed by atoms with Crippen molar-refractivity contribution < 1.29 is 18.7 Å². The summed E-state index contributed by atoms with van der Waals surface area (Å²) in [5.74, 6) is -1.17. The Balaban J connectivity index is 1.86. The van der Waals surface area contributed by atoms with E-state index in [0.717, 1.165) is 17.3 Å². The summed E-state index contributed by atoms with van der Waals surface area (Å²) in [6, 6.07) is 12.4. The highest BCUT2D eigenvalue weighted by atomic mass is 32.2. The standard InChI is InChI=1S/C18H12FNO3S2/c1-23-17(22)12-7-5-11(6-8-12)9-15-16(21)20(18(24)25-15)14-4-2-3-13(19)10-14/h2-10H,1H3/b15-9-. The average molecular weight is 373 g/mol. The summed E-state index contributed by atoms with van der Waals surface area (Å²) in [4.78, 5) is 25.8. The van der Waals surface area contributed by atoms with E-state index in [1.165, 1.54) is 30.2 Å². The number of amides is 1. The van der Waals surface area contributed by atoms with Gasteiger partial charge in [0.05, 0.1) is 23.3 Å². The summed E-state index contributed by atoms with van der Waals surface area (Å²) in [5.41, 5.74) is 1.56. The van der Waals surface area contributed by atoms with Crippen LogP contribution in [0.15, 0.2) is 53.4 Å². The zero-order valence-corrected chi connectivity index (χ0v) is 14.7. The minimum atomic E-state index is -0.436. The van der Waals surface area contributed by atoms with Crippen LogP contribution in [0, 0.1) is 5.82 Å². The minimum Gasteiger partial charge on any atom is -0.465 e. The third-order valence-corrected chi connectivity index (χ3v) is 4.79. The van der Waals surface area contributed by atoms with Crippen molar-refractivity contribution in [1.82, 2.24) is 0 Å². The zero-order chi connectivity index (χ0) is 18.0. The summed E-state index contributed by atoms with van der Waals surface area (Å²) >= 11 is 6.40. The van der Waals surface area contributed by atoms with Crippen LogP contribution in [-0.2, 0) is 9.53 Å². The summed E-state index contributed by atoms with van der Waals surface area (Å²) in [5, 5.41) is 0. The Kier molecular flexibility index (Phi) is 4.96. The molecule has 0 atom stereocenters.